The van der Waals surface area contributed by atoms with E-state index >= 15 is 0 Å². The van der Waals surface area contributed by atoms with Crippen LogP contribution in [0.1, 0.15) is 31.2 Å². The highest BCUT2D eigenvalue weighted by atomic mass is 16.5. The normalized spacial score (nSPS) is 21.4. The molecule has 0 saturated heterocycles. The lowest BCUT2D eigenvalue weighted by atomic mass is 9.74. The van der Waals surface area contributed by atoms with Gasteiger partial charge in [0.05, 0.1) is 7.11 Å². The van der Waals surface area contributed by atoms with E-state index in [-0.39, 0.29) is 5.60 Å². The van der Waals surface area contributed by atoms with Crippen molar-refractivity contribution in [3.8, 4) is 11.5 Å². The molecule has 0 amide bonds. The van der Waals surface area contributed by atoms with Crippen LogP contribution in [0.2, 0.25) is 0 Å². The van der Waals surface area contributed by atoms with Crippen molar-refractivity contribution in [1.29, 1.82) is 0 Å². The first-order chi connectivity index (χ1) is 7.31. The molecule has 1 aliphatic heterocycles. The lowest BCUT2D eigenvalue weighted by Gasteiger charge is -2.45. The molecule has 2 aliphatic rings. The minimum absolute atomic E-state index is 0.180. The second-order valence-electron chi connectivity index (χ2n) is 4.61. The zero-order valence-electron chi connectivity index (χ0n) is 9.08. The highest BCUT2D eigenvalue weighted by Gasteiger charge is 2.41. The molecule has 0 radical (unpaired) electrons. The first-order valence-corrected chi connectivity index (χ1v) is 5.67. The average Bonchev–Trinajstić information content (AvgIpc) is 2.25. The summed E-state index contributed by atoms with van der Waals surface area (Å²) in [5.41, 5.74) is 1.51. The van der Waals surface area contributed by atoms with Crippen molar-refractivity contribution < 1.29 is 9.47 Å². The second-order valence-corrected chi connectivity index (χ2v) is 4.61. The summed E-state index contributed by atoms with van der Waals surface area (Å²) < 4.78 is 11.3. The Kier molecular flexibility index (Phi) is 1.91. The quantitative estimate of drug-likeness (QED) is 0.700. The molecule has 2 heteroatoms. The van der Waals surface area contributed by atoms with E-state index in [2.05, 4.69) is 6.07 Å². The van der Waals surface area contributed by atoms with E-state index < -0.39 is 0 Å². The van der Waals surface area contributed by atoms with Gasteiger partial charge in [-0.05, 0) is 43.7 Å². The lowest BCUT2D eigenvalue weighted by molar-refractivity contribution is -0.0250. The van der Waals surface area contributed by atoms with Crippen molar-refractivity contribution in [3.05, 3.63) is 23.8 Å². The van der Waals surface area contributed by atoms with E-state index in [0.717, 1.165) is 17.9 Å². The van der Waals surface area contributed by atoms with Crippen molar-refractivity contribution in [3.63, 3.8) is 0 Å². The molecule has 1 heterocycles. The minimum atomic E-state index is 0.180. The molecule has 1 aromatic rings. The lowest BCUT2D eigenvalue weighted by Crippen LogP contribution is -2.45. The number of rotatable bonds is 1. The molecule has 0 aromatic heterocycles. The Morgan fingerprint density at radius 2 is 2.13 bits per heavy atom. The summed E-state index contributed by atoms with van der Waals surface area (Å²) in [6.07, 6.45) is 6.11. The van der Waals surface area contributed by atoms with Gasteiger partial charge in [-0.2, -0.15) is 0 Å². The molecule has 15 heavy (non-hydrogen) atoms. The molecule has 2 nitrogen and oxygen atoms in total. The summed E-state index contributed by atoms with van der Waals surface area (Å²) in [7, 11) is 1.70. The monoisotopic (exact) mass is 204 g/mol. The van der Waals surface area contributed by atoms with Gasteiger partial charge in [0.1, 0.15) is 17.1 Å². The van der Waals surface area contributed by atoms with Crippen molar-refractivity contribution >= 4 is 0 Å². The molecule has 3 rings (SSSR count). The van der Waals surface area contributed by atoms with Crippen LogP contribution < -0.4 is 9.47 Å². The van der Waals surface area contributed by atoms with E-state index in [1.165, 1.54) is 31.2 Å². The van der Waals surface area contributed by atoms with Crippen molar-refractivity contribution in [2.24, 2.45) is 0 Å². The molecule has 1 aliphatic carbocycles. The van der Waals surface area contributed by atoms with Crippen molar-refractivity contribution in [2.45, 2.75) is 37.7 Å². The van der Waals surface area contributed by atoms with Crippen LogP contribution >= 0.6 is 0 Å². The highest BCUT2D eigenvalue weighted by molar-refractivity contribution is 5.42. The van der Waals surface area contributed by atoms with Crippen LogP contribution in [0.4, 0.5) is 0 Å². The Bertz CT molecular complexity index is 380. The molecule has 80 valence electrons. The third kappa shape index (κ3) is 1.39. The Balaban J connectivity index is 1.92. The minimum Gasteiger partial charge on any atom is -0.497 e. The number of fused-ring (bicyclic) bond motifs is 1. The summed E-state index contributed by atoms with van der Waals surface area (Å²) in [4.78, 5) is 0. The summed E-state index contributed by atoms with van der Waals surface area (Å²) in [5, 5.41) is 0. The first-order valence-electron chi connectivity index (χ1n) is 5.67. The van der Waals surface area contributed by atoms with Crippen LogP contribution in [0.3, 0.4) is 0 Å². The Hall–Kier alpha value is -1.18. The van der Waals surface area contributed by atoms with Crippen molar-refractivity contribution in [1.82, 2.24) is 0 Å². The number of hydrogen-bond donors (Lipinski definition) is 0. The molecule has 1 fully saturated rings. The van der Waals surface area contributed by atoms with Gasteiger partial charge in [-0.25, -0.2) is 0 Å². The topological polar surface area (TPSA) is 18.5 Å². The van der Waals surface area contributed by atoms with Gasteiger partial charge in [0, 0.05) is 6.07 Å². The van der Waals surface area contributed by atoms with Crippen LogP contribution in [0.25, 0.3) is 0 Å². The molecule has 0 bridgehead atoms. The summed E-state index contributed by atoms with van der Waals surface area (Å²) in [5.74, 6) is 1.94. The van der Waals surface area contributed by atoms with Gasteiger partial charge in [-0.3, -0.25) is 0 Å². The molecular formula is C13H16O2. The van der Waals surface area contributed by atoms with Gasteiger partial charge < -0.3 is 9.47 Å². The largest absolute Gasteiger partial charge is 0.497 e. The fraction of sp³-hybridized carbons (Fsp3) is 0.538. The summed E-state index contributed by atoms with van der Waals surface area (Å²) >= 11 is 0. The molecule has 0 unspecified atom stereocenters. The predicted molar refractivity (Wildman–Crippen MR) is 58.5 cm³/mol. The van der Waals surface area contributed by atoms with E-state index in [1.807, 2.05) is 12.1 Å². The highest BCUT2D eigenvalue weighted by Crippen LogP contribution is 2.45. The number of aryl methyl sites for hydroxylation is 1. The predicted octanol–water partition coefficient (Wildman–Crippen LogP) is 2.94. The van der Waals surface area contributed by atoms with Gasteiger partial charge >= 0.3 is 0 Å². The van der Waals surface area contributed by atoms with E-state index in [9.17, 15) is 0 Å². The molecular weight excluding hydrogens is 188 g/mol. The number of ether oxygens (including phenoxy) is 2. The van der Waals surface area contributed by atoms with Gasteiger partial charge in [0.15, 0.2) is 0 Å². The number of hydrogen-bond acceptors (Lipinski definition) is 2. The molecule has 0 atom stereocenters. The standard InChI is InChI=1S/C13H16O2/c1-14-11-4-3-10-5-8-13(6-2-7-13)15-12(10)9-11/h3-4,9H,2,5-8H2,1H3. The van der Waals surface area contributed by atoms with Crippen LogP contribution in [0.5, 0.6) is 11.5 Å². The fourth-order valence-electron chi connectivity index (χ4n) is 2.53. The van der Waals surface area contributed by atoms with Gasteiger partial charge in [-0.1, -0.05) is 6.07 Å². The van der Waals surface area contributed by atoms with Crippen LogP contribution in [-0.2, 0) is 6.42 Å². The van der Waals surface area contributed by atoms with Gasteiger partial charge in [0.25, 0.3) is 0 Å². The van der Waals surface area contributed by atoms with Crippen LogP contribution in [-0.4, -0.2) is 12.7 Å². The summed E-state index contributed by atoms with van der Waals surface area (Å²) in [6, 6.07) is 6.16. The molecule has 1 saturated carbocycles. The zero-order chi connectivity index (χ0) is 10.3. The van der Waals surface area contributed by atoms with Gasteiger partial charge in [0.2, 0.25) is 0 Å². The zero-order valence-corrected chi connectivity index (χ0v) is 9.08. The Labute approximate surface area is 90.2 Å². The SMILES string of the molecule is COc1ccc2c(c1)OC1(CCC1)CC2. The number of benzene rings is 1. The van der Waals surface area contributed by atoms with Gasteiger partial charge in [-0.15, -0.1) is 0 Å². The maximum atomic E-state index is 6.12. The molecule has 1 aromatic carbocycles. The molecule has 1 spiro atoms. The van der Waals surface area contributed by atoms with E-state index in [0.29, 0.717) is 0 Å². The Morgan fingerprint density at radius 1 is 1.27 bits per heavy atom. The number of methoxy groups -OCH3 is 1. The average molecular weight is 204 g/mol. The first kappa shape index (κ1) is 9.08. The fourth-order valence-corrected chi connectivity index (χ4v) is 2.53. The summed E-state index contributed by atoms with van der Waals surface area (Å²) in [6.45, 7) is 0. The smallest absolute Gasteiger partial charge is 0.127 e. The maximum absolute atomic E-state index is 6.12. The van der Waals surface area contributed by atoms with Crippen molar-refractivity contribution in [2.75, 3.05) is 7.11 Å². The maximum Gasteiger partial charge on any atom is 0.127 e. The second kappa shape index (κ2) is 3.16. The molecule has 0 N–H and O–H groups in total. The third-order valence-corrected chi connectivity index (χ3v) is 3.72. The van der Waals surface area contributed by atoms with Crippen LogP contribution in [0.15, 0.2) is 18.2 Å². The third-order valence-electron chi connectivity index (χ3n) is 3.72. The Morgan fingerprint density at radius 3 is 2.80 bits per heavy atom. The van der Waals surface area contributed by atoms with E-state index in [1.54, 1.807) is 7.11 Å². The van der Waals surface area contributed by atoms with Crippen LogP contribution in [0, 0.1) is 0 Å². The van der Waals surface area contributed by atoms with E-state index in [4.69, 9.17) is 9.47 Å².